The molecule has 3 nitrogen and oxygen atoms in total. The van der Waals surface area contributed by atoms with Crippen molar-refractivity contribution in [2.75, 3.05) is 5.73 Å². The van der Waals surface area contributed by atoms with Crippen LogP contribution in [0.3, 0.4) is 0 Å². The van der Waals surface area contributed by atoms with Crippen molar-refractivity contribution in [3.05, 3.63) is 47.6 Å². The van der Waals surface area contributed by atoms with Crippen molar-refractivity contribution < 1.29 is 4.42 Å². The Hall–Kier alpha value is -2.00. The quantitative estimate of drug-likeness (QED) is 0.710. The summed E-state index contributed by atoms with van der Waals surface area (Å²) in [5.74, 6) is 0.667. The second-order valence-electron chi connectivity index (χ2n) is 3.74. The molecule has 4 heteroatoms. The predicted molar refractivity (Wildman–Crippen MR) is 68.9 cm³/mol. The van der Waals surface area contributed by atoms with Crippen molar-refractivity contribution in [2.45, 2.75) is 0 Å². The number of hydrogen-bond donors (Lipinski definition) is 1. The third-order valence-electron chi connectivity index (χ3n) is 2.54. The Morgan fingerprint density at radius 2 is 2.06 bits per heavy atom. The van der Waals surface area contributed by atoms with Gasteiger partial charge in [0.05, 0.1) is 5.02 Å². The number of benzene rings is 1. The molecule has 0 spiro atoms. The van der Waals surface area contributed by atoms with Crippen LogP contribution in [0.2, 0.25) is 5.02 Å². The normalized spacial score (nSPS) is 10.9. The molecule has 0 amide bonds. The Balaban J connectivity index is 2.22. The van der Waals surface area contributed by atoms with Gasteiger partial charge in [0.25, 0.3) is 0 Å². The van der Waals surface area contributed by atoms with Crippen LogP contribution in [0.4, 0.5) is 5.69 Å². The molecular formula is C13H9ClN2O. The molecule has 0 aliphatic carbocycles. The maximum atomic E-state index is 6.08. The van der Waals surface area contributed by atoms with E-state index in [9.17, 15) is 0 Å². The van der Waals surface area contributed by atoms with Crippen LogP contribution in [0.5, 0.6) is 0 Å². The molecule has 2 aromatic heterocycles. The van der Waals surface area contributed by atoms with Gasteiger partial charge in [0.15, 0.2) is 5.76 Å². The summed E-state index contributed by atoms with van der Waals surface area (Å²) in [4.78, 5) is 4.22. The maximum absolute atomic E-state index is 6.08. The molecule has 0 atom stereocenters. The van der Waals surface area contributed by atoms with Gasteiger partial charge in [-0.25, -0.2) is 0 Å². The third-order valence-corrected chi connectivity index (χ3v) is 2.87. The molecule has 1 aromatic carbocycles. The van der Waals surface area contributed by atoms with Crippen LogP contribution in [-0.2, 0) is 0 Å². The second-order valence-corrected chi connectivity index (χ2v) is 4.14. The van der Waals surface area contributed by atoms with Crippen LogP contribution < -0.4 is 5.73 Å². The lowest BCUT2D eigenvalue weighted by Crippen LogP contribution is -1.86. The largest absolute Gasteiger partial charge is 0.454 e. The molecule has 0 saturated heterocycles. The van der Waals surface area contributed by atoms with Crippen LogP contribution in [0.15, 0.2) is 47.0 Å². The molecule has 0 radical (unpaired) electrons. The first-order valence-corrected chi connectivity index (χ1v) is 5.52. The minimum atomic E-state index is 0.654. The first kappa shape index (κ1) is 10.2. The SMILES string of the molecule is Nc1ccnc(-c2cc3c(Cl)cccc3o2)c1. The van der Waals surface area contributed by atoms with E-state index in [2.05, 4.69) is 4.98 Å². The summed E-state index contributed by atoms with van der Waals surface area (Å²) in [6.07, 6.45) is 1.65. The van der Waals surface area contributed by atoms with Gasteiger partial charge in [0, 0.05) is 17.3 Å². The highest BCUT2D eigenvalue weighted by molar-refractivity contribution is 6.35. The van der Waals surface area contributed by atoms with E-state index >= 15 is 0 Å². The Kier molecular flexibility index (Phi) is 2.27. The van der Waals surface area contributed by atoms with Crippen LogP contribution in [0.25, 0.3) is 22.4 Å². The van der Waals surface area contributed by atoms with Gasteiger partial charge < -0.3 is 10.2 Å². The monoisotopic (exact) mass is 244 g/mol. The summed E-state index contributed by atoms with van der Waals surface area (Å²) < 4.78 is 5.69. The van der Waals surface area contributed by atoms with E-state index < -0.39 is 0 Å². The van der Waals surface area contributed by atoms with Crippen molar-refractivity contribution in [2.24, 2.45) is 0 Å². The van der Waals surface area contributed by atoms with Gasteiger partial charge in [0.1, 0.15) is 11.3 Å². The Morgan fingerprint density at radius 1 is 1.18 bits per heavy atom. The molecule has 84 valence electrons. The van der Waals surface area contributed by atoms with E-state index in [1.54, 1.807) is 18.3 Å². The number of aromatic nitrogens is 1. The van der Waals surface area contributed by atoms with Crippen molar-refractivity contribution in [3.8, 4) is 11.5 Å². The Morgan fingerprint density at radius 3 is 2.82 bits per heavy atom. The minimum Gasteiger partial charge on any atom is -0.454 e. The highest BCUT2D eigenvalue weighted by Crippen LogP contribution is 2.31. The van der Waals surface area contributed by atoms with Crippen LogP contribution in [0.1, 0.15) is 0 Å². The van der Waals surface area contributed by atoms with Gasteiger partial charge >= 0.3 is 0 Å². The summed E-state index contributed by atoms with van der Waals surface area (Å²) in [5.41, 5.74) is 7.82. The van der Waals surface area contributed by atoms with Crippen LogP contribution >= 0.6 is 11.6 Å². The fourth-order valence-corrected chi connectivity index (χ4v) is 1.95. The summed E-state index contributed by atoms with van der Waals surface area (Å²) in [5, 5.41) is 1.55. The number of rotatable bonds is 1. The van der Waals surface area contributed by atoms with E-state index in [0.29, 0.717) is 22.2 Å². The number of pyridine rings is 1. The molecule has 17 heavy (non-hydrogen) atoms. The fraction of sp³-hybridized carbons (Fsp3) is 0. The first-order valence-electron chi connectivity index (χ1n) is 5.14. The molecule has 2 heterocycles. The van der Waals surface area contributed by atoms with Gasteiger partial charge in [-0.15, -0.1) is 0 Å². The first-order chi connectivity index (χ1) is 8.24. The highest BCUT2D eigenvalue weighted by Gasteiger charge is 2.09. The molecule has 2 N–H and O–H groups in total. The fourth-order valence-electron chi connectivity index (χ4n) is 1.73. The topological polar surface area (TPSA) is 52.0 Å². The third kappa shape index (κ3) is 1.74. The summed E-state index contributed by atoms with van der Waals surface area (Å²) in [6.45, 7) is 0. The Labute approximate surface area is 103 Å². The number of anilines is 1. The molecule has 0 aliphatic rings. The molecule has 0 bridgehead atoms. The molecule has 0 unspecified atom stereocenters. The lowest BCUT2D eigenvalue weighted by atomic mass is 10.2. The standard InChI is InChI=1S/C13H9ClN2O/c14-10-2-1-3-12-9(10)7-13(17-12)11-6-8(15)4-5-16-11/h1-7H,(H2,15,16). The molecule has 3 aromatic rings. The number of nitrogen functional groups attached to an aromatic ring is 1. The van der Waals surface area contributed by atoms with Gasteiger partial charge in [-0.1, -0.05) is 17.7 Å². The zero-order valence-electron chi connectivity index (χ0n) is 8.85. The van der Waals surface area contributed by atoms with Crippen LogP contribution in [0, 0.1) is 0 Å². The van der Waals surface area contributed by atoms with E-state index in [1.165, 1.54) is 0 Å². The Bertz CT molecular complexity index is 691. The van der Waals surface area contributed by atoms with Crippen molar-refractivity contribution in [1.82, 2.24) is 4.98 Å². The van der Waals surface area contributed by atoms with Crippen LogP contribution in [-0.4, -0.2) is 4.98 Å². The lowest BCUT2D eigenvalue weighted by molar-refractivity contribution is 0.629. The van der Waals surface area contributed by atoms with Gasteiger partial charge in [-0.3, -0.25) is 4.98 Å². The van der Waals surface area contributed by atoms with Gasteiger partial charge in [-0.2, -0.15) is 0 Å². The zero-order valence-corrected chi connectivity index (χ0v) is 9.61. The smallest absolute Gasteiger partial charge is 0.153 e. The molecule has 3 rings (SSSR count). The average Bonchev–Trinajstić information content (AvgIpc) is 2.74. The summed E-state index contributed by atoms with van der Waals surface area (Å²) in [7, 11) is 0. The molecule has 0 fully saturated rings. The van der Waals surface area contributed by atoms with Gasteiger partial charge in [0.2, 0.25) is 0 Å². The average molecular weight is 245 g/mol. The van der Waals surface area contributed by atoms with E-state index in [0.717, 1.165) is 11.0 Å². The van der Waals surface area contributed by atoms with E-state index in [4.69, 9.17) is 21.8 Å². The molecule has 0 aliphatic heterocycles. The number of hydrogen-bond acceptors (Lipinski definition) is 3. The van der Waals surface area contributed by atoms with Crippen molar-refractivity contribution >= 4 is 28.3 Å². The number of halogens is 1. The van der Waals surface area contributed by atoms with Crippen molar-refractivity contribution in [3.63, 3.8) is 0 Å². The number of fused-ring (bicyclic) bond motifs is 1. The van der Waals surface area contributed by atoms with Crippen molar-refractivity contribution in [1.29, 1.82) is 0 Å². The summed E-state index contributed by atoms with van der Waals surface area (Å²) in [6, 6.07) is 10.9. The number of nitrogens with zero attached hydrogens (tertiary/aromatic N) is 1. The molecular weight excluding hydrogens is 236 g/mol. The predicted octanol–water partition coefficient (Wildman–Crippen LogP) is 3.73. The maximum Gasteiger partial charge on any atom is 0.153 e. The van der Waals surface area contributed by atoms with E-state index in [-0.39, 0.29) is 0 Å². The number of nitrogens with two attached hydrogens (primary N) is 1. The summed E-state index contributed by atoms with van der Waals surface area (Å²) >= 11 is 6.08. The number of furan rings is 1. The van der Waals surface area contributed by atoms with Gasteiger partial charge in [-0.05, 0) is 30.3 Å². The highest BCUT2D eigenvalue weighted by atomic mass is 35.5. The molecule has 0 saturated carbocycles. The zero-order chi connectivity index (χ0) is 11.8. The van der Waals surface area contributed by atoms with E-state index in [1.807, 2.05) is 24.3 Å². The minimum absolute atomic E-state index is 0.654. The lowest BCUT2D eigenvalue weighted by Gasteiger charge is -1.96. The second kappa shape index (κ2) is 3.79.